The Hall–Kier alpha value is -3.71. The van der Waals surface area contributed by atoms with Crippen LogP contribution in [0.25, 0.3) is 22.0 Å². The zero-order valence-electron chi connectivity index (χ0n) is 21.5. The van der Waals surface area contributed by atoms with E-state index >= 15 is 0 Å². The van der Waals surface area contributed by atoms with Gasteiger partial charge in [0.1, 0.15) is 11.6 Å². The van der Waals surface area contributed by atoms with E-state index < -0.39 is 0 Å². The van der Waals surface area contributed by atoms with Crippen molar-refractivity contribution >= 4 is 16.8 Å². The van der Waals surface area contributed by atoms with Crippen molar-refractivity contribution in [1.29, 1.82) is 0 Å². The molecule has 0 radical (unpaired) electrons. The molecule has 1 amide bonds. The number of rotatable bonds is 9. The van der Waals surface area contributed by atoms with E-state index in [0.29, 0.717) is 23.5 Å². The van der Waals surface area contributed by atoms with Crippen LogP contribution in [0.3, 0.4) is 0 Å². The molecule has 0 fully saturated rings. The maximum atomic E-state index is 13.9. The minimum atomic E-state index is -0.318. The van der Waals surface area contributed by atoms with Gasteiger partial charge in [-0.25, -0.2) is 4.39 Å². The zero-order valence-corrected chi connectivity index (χ0v) is 21.5. The van der Waals surface area contributed by atoms with Gasteiger partial charge in [-0.2, -0.15) is 5.10 Å². The number of halogens is 1. The summed E-state index contributed by atoms with van der Waals surface area (Å²) < 4.78 is 19.7. The number of aryl methyl sites for hydroxylation is 1. The normalized spacial score (nSPS) is 12.2. The molecule has 6 nitrogen and oxygen atoms in total. The van der Waals surface area contributed by atoms with E-state index in [1.807, 2.05) is 46.4 Å². The molecule has 0 unspecified atom stereocenters. The molecule has 0 saturated heterocycles. The maximum Gasteiger partial charge on any atom is 0.254 e. The summed E-state index contributed by atoms with van der Waals surface area (Å²) in [7, 11) is 5.89. The third-order valence-corrected chi connectivity index (χ3v) is 6.53. The zero-order chi connectivity index (χ0) is 25.8. The van der Waals surface area contributed by atoms with Crippen molar-refractivity contribution in [3.63, 3.8) is 0 Å². The lowest BCUT2D eigenvalue weighted by molar-refractivity contribution is 0.0716. The number of nitrogens with zero attached hydrogens (tertiary/aromatic N) is 3. The number of carbonyl (C=O) groups is 1. The van der Waals surface area contributed by atoms with E-state index in [9.17, 15) is 9.18 Å². The Morgan fingerprint density at radius 3 is 2.67 bits per heavy atom. The minimum Gasteiger partial charge on any atom is -0.493 e. The highest BCUT2D eigenvalue weighted by Gasteiger charge is 2.26. The Morgan fingerprint density at radius 1 is 1.14 bits per heavy atom. The van der Waals surface area contributed by atoms with Gasteiger partial charge in [0.05, 0.1) is 24.4 Å². The average molecular weight is 491 g/mol. The van der Waals surface area contributed by atoms with Crippen LogP contribution in [-0.2, 0) is 0 Å². The molecule has 4 aromatic rings. The number of hydrogen-bond acceptors (Lipinski definition) is 4. The molecule has 0 aliphatic rings. The van der Waals surface area contributed by atoms with Gasteiger partial charge in [0.15, 0.2) is 0 Å². The Morgan fingerprint density at radius 2 is 1.94 bits per heavy atom. The summed E-state index contributed by atoms with van der Waals surface area (Å²) in [5, 5.41) is 8.45. The van der Waals surface area contributed by atoms with Gasteiger partial charge >= 0.3 is 0 Å². The van der Waals surface area contributed by atoms with Gasteiger partial charge in [-0.05, 0) is 82.4 Å². The summed E-state index contributed by atoms with van der Waals surface area (Å²) >= 11 is 0. The molecule has 190 valence electrons. The second kappa shape index (κ2) is 10.9. The Labute approximate surface area is 213 Å². The number of H-pyrrole nitrogens is 1. The fourth-order valence-corrected chi connectivity index (χ4v) is 4.58. The number of benzene rings is 3. The summed E-state index contributed by atoms with van der Waals surface area (Å²) in [6.07, 6.45) is 2.59. The maximum absolute atomic E-state index is 13.9. The minimum absolute atomic E-state index is 0. The smallest absolute Gasteiger partial charge is 0.254 e. The van der Waals surface area contributed by atoms with E-state index in [1.54, 1.807) is 23.1 Å². The first-order valence-electron chi connectivity index (χ1n) is 12.2. The van der Waals surface area contributed by atoms with Gasteiger partial charge in [-0.1, -0.05) is 24.3 Å². The monoisotopic (exact) mass is 490 g/mol. The first-order chi connectivity index (χ1) is 17.3. The van der Waals surface area contributed by atoms with Gasteiger partial charge in [-0.15, -0.1) is 0 Å². The lowest BCUT2D eigenvalue weighted by Gasteiger charge is -2.30. The van der Waals surface area contributed by atoms with E-state index in [0.717, 1.165) is 40.6 Å². The summed E-state index contributed by atoms with van der Waals surface area (Å²) in [4.78, 5) is 17.7. The van der Waals surface area contributed by atoms with Crippen LogP contribution in [0, 0.1) is 12.7 Å². The number of ether oxygens (including phenoxy) is 1. The highest BCUT2D eigenvalue weighted by atomic mass is 19.1. The van der Waals surface area contributed by atoms with Gasteiger partial charge in [-0.3, -0.25) is 9.89 Å². The topological polar surface area (TPSA) is 61.5 Å². The summed E-state index contributed by atoms with van der Waals surface area (Å²) in [6.45, 7) is 5.19. The van der Waals surface area contributed by atoms with Crippen molar-refractivity contribution in [3.8, 4) is 16.9 Å². The molecule has 4 rings (SSSR count). The van der Waals surface area contributed by atoms with Crippen molar-refractivity contribution < 1.29 is 15.3 Å². The standard InChI is InChI=1S/C29H33FN4O2.H2/c1-6-36-27-17-21(11-13-23(27)20-8-7-9-22(30)16-20)29(35)34(5)26(14-15-33(3)4)24-12-10-19(2)25-18-31-32-28(24)25;/h7-13,16-18,26H,6,14-15H2,1-5H3,(H,31,32);1H/t26-;/m0./s1. The van der Waals surface area contributed by atoms with Crippen LogP contribution in [0.2, 0.25) is 0 Å². The van der Waals surface area contributed by atoms with Gasteiger partial charge < -0.3 is 14.5 Å². The van der Waals surface area contributed by atoms with Crippen LogP contribution in [0.1, 0.15) is 42.3 Å². The Kier molecular flexibility index (Phi) is 7.70. The number of hydrogen-bond donors (Lipinski definition) is 1. The molecule has 0 saturated carbocycles. The molecular formula is C29H35FN4O2. The number of aromatic amines is 1. The number of carbonyl (C=O) groups excluding carboxylic acids is 1. The molecular weight excluding hydrogens is 455 g/mol. The fourth-order valence-electron chi connectivity index (χ4n) is 4.58. The molecule has 0 spiro atoms. The third-order valence-electron chi connectivity index (χ3n) is 6.53. The van der Waals surface area contributed by atoms with Crippen molar-refractivity contribution in [2.24, 2.45) is 0 Å². The highest BCUT2D eigenvalue weighted by molar-refractivity contribution is 5.96. The predicted octanol–water partition coefficient (Wildman–Crippen LogP) is 6.09. The van der Waals surface area contributed by atoms with Crippen molar-refractivity contribution in [2.45, 2.75) is 26.3 Å². The van der Waals surface area contributed by atoms with Gasteiger partial charge in [0.25, 0.3) is 5.91 Å². The average Bonchev–Trinajstić information content (AvgIpc) is 3.36. The number of aromatic nitrogens is 2. The van der Waals surface area contributed by atoms with Crippen molar-refractivity contribution in [3.05, 3.63) is 83.3 Å². The molecule has 0 aliphatic carbocycles. The van der Waals surface area contributed by atoms with E-state index in [2.05, 4.69) is 34.2 Å². The van der Waals surface area contributed by atoms with Gasteiger partial charge in [0, 0.05) is 30.6 Å². The molecule has 1 atom stereocenters. The van der Waals surface area contributed by atoms with Crippen LogP contribution in [-0.4, -0.2) is 60.2 Å². The first-order valence-corrected chi connectivity index (χ1v) is 12.2. The van der Waals surface area contributed by atoms with Crippen molar-refractivity contribution in [2.75, 3.05) is 34.3 Å². The number of nitrogens with one attached hydrogen (secondary N) is 1. The van der Waals surface area contributed by atoms with Gasteiger partial charge in [0.2, 0.25) is 0 Å². The molecule has 0 bridgehead atoms. The SMILES string of the molecule is CCOc1cc(C(=O)N(C)[C@@H](CCN(C)C)c2ccc(C)c3cn[nH]c23)ccc1-c1cccc(F)c1.[HH]. The Bertz CT molecular complexity index is 1370. The summed E-state index contributed by atoms with van der Waals surface area (Å²) in [5.41, 5.74) is 5.09. The molecule has 1 N–H and O–H groups in total. The predicted molar refractivity (Wildman–Crippen MR) is 144 cm³/mol. The van der Waals surface area contributed by atoms with Crippen LogP contribution in [0.5, 0.6) is 5.75 Å². The lowest BCUT2D eigenvalue weighted by atomic mass is 9.96. The van der Waals surface area contributed by atoms with Crippen LogP contribution >= 0.6 is 0 Å². The third kappa shape index (κ3) is 5.26. The van der Waals surface area contributed by atoms with Crippen LogP contribution < -0.4 is 4.74 Å². The largest absolute Gasteiger partial charge is 0.493 e. The van der Waals surface area contributed by atoms with Crippen molar-refractivity contribution in [1.82, 2.24) is 20.0 Å². The molecule has 3 aromatic carbocycles. The van der Waals surface area contributed by atoms with Crippen LogP contribution in [0.15, 0.2) is 60.8 Å². The van der Waals surface area contributed by atoms with E-state index in [-0.39, 0.29) is 19.2 Å². The molecule has 1 heterocycles. The molecule has 36 heavy (non-hydrogen) atoms. The highest BCUT2D eigenvalue weighted by Crippen LogP contribution is 2.34. The molecule has 1 aromatic heterocycles. The second-order valence-electron chi connectivity index (χ2n) is 9.31. The number of amides is 1. The summed E-state index contributed by atoms with van der Waals surface area (Å²) in [6, 6.07) is 15.7. The lowest BCUT2D eigenvalue weighted by Crippen LogP contribution is -2.33. The quantitative estimate of drug-likeness (QED) is 0.309. The Balaban J connectivity index is 0.00000380. The molecule has 7 heteroatoms. The van der Waals surface area contributed by atoms with E-state index in [4.69, 9.17) is 4.74 Å². The number of fused-ring (bicyclic) bond motifs is 1. The first kappa shape index (κ1) is 25.4. The fraction of sp³-hybridized carbons (Fsp3) is 0.310. The summed E-state index contributed by atoms with van der Waals surface area (Å²) in [5.74, 6) is 0.124. The second-order valence-corrected chi connectivity index (χ2v) is 9.31. The van der Waals surface area contributed by atoms with Crippen LogP contribution in [0.4, 0.5) is 4.39 Å². The van der Waals surface area contributed by atoms with E-state index in [1.165, 1.54) is 12.1 Å². The molecule has 0 aliphatic heterocycles.